The van der Waals surface area contributed by atoms with Gasteiger partial charge in [0, 0.05) is 9.92 Å². The molecule has 1 aromatic carbocycles. The second kappa shape index (κ2) is 6.86. The SMILES string of the molecule is ON=C1CCC=CCCC1Sc1ccc(Cl)cc1. The second-order valence-corrected chi connectivity index (χ2v) is 5.95. The van der Waals surface area contributed by atoms with Crippen LogP contribution in [0.2, 0.25) is 5.02 Å². The molecule has 0 bridgehead atoms. The van der Waals surface area contributed by atoms with Crippen molar-refractivity contribution < 1.29 is 5.21 Å². The molecule has 96 valence electrons. The summed E-state index contributed by atoms with van der Waals surface area (Å²) in [6.45, 7) is 0. The van der Waals surface area contributed by atoms with E-state index in [4.69, 9.17) is 16.8 Å². The van der Waals surface area contributed by atoms with E-state index >= 15 is 0 Å². The van der Waals surface area contributed by atoms with Crippen LogP contribution in [0.5, 0.6) is 0 Å². The third kappa shape index (κ3) is 3.79. The van der Waals surface area contributed by atoms with Gasteiger partial charge in [0.2, 0.25) is 0 Å². The number of thioether (sulfide) groups is 1. The minimum Gasteiger partial charge on any atom is -0.411 e. The first-order valence-corrected chi connectivity index (χ1v) is 7.33. The van der Waals surface area contributed by atoms with E-state index in [-0.39, 0.29) is 5.25 Å². The van der Waals surface area contributed by atoms with Gasteiger partial charge in [-0.15, -0.1) is 11.8 Å². The Labute approximate surface area is 117 Å². The molecule has 1 N–H and O–H groups in total. The van der Waals surface area contributed by atoms with Crippen molar-refractivity contribution in [2.75, 3.05) is 0 Å². The van der Waals surface area contributed by atoms with Crippen LogP contribution < -0.4 is 0 Å². The summed E-state index contributed by atoms with van der Waals surface area (Å²) in [5.74, 6) is 0. The lowest BCUT2D eigenvalue weighted by atomic mass is 10.0. The molecule has 0 spiro atoms. The van der Waals surface area contributed by atoms with Crippen LogP contribution in [0, 0.1) is 0 Å². The van der Waals surface area contributed by atoms with Gasteiger partial charge in [0.1, 0.15) is 0 Å². The molecule has 0 fully saturated rings. The predicted molar refractivity (Wildman–Crippen MR) is 77.9 cm³/mol. The molecule has 0 aromatic heterocycles. The molecule has 0 saturated carbocycles. The Morgan fingerprint density at radius 3 is 2.61 bits per heavy atom. The first-order chi connectivity index (χ1) is 8.79. The summed E-state index contributed by atoms with van der Waals surface area (Å²) in [6.07, 6.45) is 8.20. The highest BCUT2D eigenvalue weighted by atomic mass is 35.5. The van der Waals surface area contributed by atoms with Gasteiger partial charge in [-0.2, -0.15) is 0 Å². The van der Waals surface area contributed by atoms with Gasteiger partial charge in [-0.1, -0.05) is 28.9 Å². The summed E-state index contributed by atoms with van der Waals surface area (Å²) >= 11 is 7.62. The molecule has 0 heterocycles. The van der Waals surface area contributed by atoms with Crippen molar-refractivity contribution in [3.63, 3.8) is 0 Å². The summed E-state index contributed by atoms with van der Waals surface area (Å²) in [7, 11) is 0. The number of halogens is 1. The number of hydrogen-bond acceptors (Lipinski definition) is 3. The zero-order chi connectivity index (χ0) is 12.8. The smallest absolute Gasteiger partial charge is 0.0707 e. The fraction of sp³-hybridized carbons (Fsp3) is 0.357. The number of nitrogens with zero attached hydrogens (tertiary/aromatic N) is 1. The molecule has 0 amide bonds. The first kappa shape index (κ1) is 13.5. The Morgan fingerprint density at radius 1 is 1.17 bits per heavy atom. The number of allylic oxidation sites excluding steroid dienone is 2. The number of oxime groups is 1. The topological polar surface area (TPSA) is 32.6 Å². The third-order valence-electron chi connectivity index (χ3n) is 2.92. The van der Waals surface area contributed by atoms with E-state index in [2.05, 4.69) is 17.3 Å². The highest BCUT2D eigenvalue weighted by Crippen LogP contribution is 2.30. The van der Waals surface area contributed by atoms with Crippen LogP contribution in [0.1, 0.15) is 25.7 Å². The Balaban J connectivity index is 2.09. The van der Waals surface area contributed by atoms with Crippen LogP contribution in [0.15, 0.2) is 46.5 Å². The molecule has 1 aliphatic carbocycles. The average molecular weight is 282 g/mol. The van der Waals surface area contributed by atoms with Crippen LogP contribution >= 0.6 is 23.4 Å². The standard InChI is InChI=1S/C14H16ClNOS/c15-11-7-9-12(10-8-11)18-14-6-4-2-1-3-5-13(14)16-17/h1-2,7-10,14,17H,3-6H2. The molecule has 1 aromatic rings. The van der Waals surface area contributed by atoms with Crippen LogP contribution in [-0.2, 0) is 0 Å². The molecule has 4 heteroatoms. The first-order valence-electron chi connectivity index (χ1n) is 6.07. The van der Waals surface area contributed by atoms with Gasteiger partial charge in [0.15, 0.2) is 0 Å². The minimum atomic E-state index is 0.251. The summed E-state index contributed by atoms with van der Waals surface area (Å²) in [5.41, 5.74) is 0.888. The van der Waals surface area contributed by atoms with Crippen molar-refractivity contribution >= 4 is 29.1 Å². The van der Waals surface area contributed by atoms with E-state index in [9.17, 15) is 0 Å². The molecule has 1 unspecified atom stereocenters. The zero-order valence-corrected chi connectivity index (χ0v) is 11.6. The lowest BCUT2D eigenvalue weighted by molar-refractivity contribution is 0.316. The summed E-state index contributed by atoms with van der Waals surface area (Å²) < 4.78 is 0. The third-order valence-corrected chi connectivity index (χ3v) is 4.51. The van der Waals surface area contributed by atoms with Crippen molar-refractivity contribution in [1.82, 2.24) is 0 Å². The van der Waals surface area contributed by atoms with E-state index in [1.165, 1.54) is 0 Å². The van der Waals surface area contributed by atoms with Gasteiger partial charge in [0.25, 0.3) is 0 Å². The van der Waals surface area contributed by atoms with E-state index < -0.39 is 0 Å². The Kier molecular flexibility index (Phi) is 5.14. The molecule has 18 heavy (non-hydrogen) atoms. The summed E-state index contributed by atoms with van der Waals surface area (Å²) in [5, 5.41) is 13.6. The van der Waals surface area contributed by atoms with E-state index in [0.29, 0.717) is 0 Å². The average Bonchev–Trinajstić information content (AvgIpc) is 2.36. The predicted octanol–water partition coefficient (Wildman–Crippen LogP) is 4.76. The van der Waals surface area contributed by atoms with Crippen molar-refractivity contribution in [2.45, 2.75) is 35.8 Å². The molecule has 0 aliphatic heterocycles. The van der Waals surface area contributed by atoms with Crippen LogP contribution in [0.4, 0.5) is 0 Å². The van der Waals surface area contributed by atoms with Gasteiger partial charge >= 0.3 is 0 Å². The van der Waals surface area contributed by atoms with Crippen LogP contribution in [0.25, 0.3) is 0 Å². The van der Waals surface area contributed by atoms with E-state index in [1.54, 1.807) is 11.8 Å². The van der Waals surface area contributed by atoms with E-state index in [0.717, 1.165) is 41.3 Å². The van der Waals surface area contributed by atoms with Gasteiger partial charge in [-0.25, -0.2) is 0 Å². The molecule has 2 rings (SSSR count). The Bertz CT molecular complexity index is 442. The lowest BCUT2D eigenvalue weighted by Gasteiger charge is -2.18. The fourth-order valence-electron chi connectivity index (χ4n) is 1.96. The highest BCUT2D eigenvalue weighted by molar-refractivity contribution is 8.00. The Morgan fingerprint density at radius 2 is 1.89 bits per heavy atom. The molecule has 2 nitrogen and oxygen atoms in total. The number of hydrogen-bond donors (Lipinski definition) is 1. The molecule has 0 saturated heterocycles. The van der Waals surface area contributed by atoms with Crippen LogP contribution in [0.3, 0.4) is 0 Å². The molecule has 1 atom stereocenters. The Hall–Kier alpha value is -0.930. The minimum absolute atomic E-state index is 0.251. The maximum Gasteiger partial charge on any atom is 0.0707 e. The van der Waals surface area contributed by atoms with Gasteiger partial charge < -0.3 is 5.21 Å². The molecule has 1 aliphatic rings. The molecular formula is C14H16ClNOS. The fourth-order valence-corrected chi connectivity index (χ4v) is 3.26. The van der Waals surface area contributed by atoms with Gasteiger partial charge in [-0.05, 0) is 49.9 Å². The molecular weight excluding hydrogens is 266 g/mol. The zero-order valence-electron chi connectivity index (χ0n) is 10.1. The van der Waals surface area contributed by atoms with Crippen molar-refractivity contribution in [1.29, 1.82) is 0 Å². The van der Waals surface area contributed by atoms with E-state index in [1.807, 2.05) is 24.3 Å². The largest absolute Gasteiger partial charge is 0.411 e. The second-order valence-electron chi connectivity index (χ2n) is 4.24. The summed E-state index contributed by atoms with van der Waals surface area (Å²) in [6, 6.07) is 7.80. The highest BCUT2D eigenvalue weighted by Gasteiger charge is 2.18. The quantitative estimate of drug-likeness (QED) is 0.481. The lowest BCUT2D eigenvalue weighted by Crippen LogP contribution is -2.18. The number of rotatable bonds is 2. The monoisotopic (exact) mass is 281 g/mol. The van der Waals surface area contributed by atoms with Gasteiger partial charge in [0.05, 0.1) is 11.0 Å². The van der Waals surface area contributed by atoms with Crippen molar-refractivity contribution in [3.8, 4) is 0 Å². The number of benzene rings is 1. The van der Waals surface area contributed by atoms with Crippen LogP contribution in [-0.4, -0.2) is 16.2 Å². The summed E-state index contributed by atoms with van der Waals surface area (Å²) in [4.78, 5) is 1.16. The maximum atomic E-state index is 9.13. The normalized spacial score (nSPS) is 22.7. The van der Waals surface area contributed by atoms with Crippen molar-refractivity contribution in [3.05, 3.63) is 41.4 Å². The molecule has 0 radical (unpaired) electrons. The van der Waals surface area contributed by atoms with Gasteiger partial charge in [-0.3, -0.25) is 0 Å². The van der Waals surface area contributed by atoms with Crippen molar-refractivity contribution in [2.24, 2.45) is 5.16 Å². The maximum absolute atomic E-state index is 9.13.